The standard InChI is InChI=1S/C12H20N2/c1-4-7-14(3)12-8-10(2)5-6-11(12)9-13/h5-6,8H,4,7,9,13H2,1-3H3. The average molecular weight is 192 g/mol. The third kappa shape index (κ3) is 2.48. The first-order valence-corrected chi connectivity index (χ1v) is 5.19. The van der Waals surface area contributed by atoms with E-state index in [9.17, 15) is 0 Å². The summed E-state index contributed by atoms with van der Waals surface area (Å²) >= 11 is 0. The third-order valence-electron chi connectivity index (χ3n) is 2.43. The molecule has 0 bridgehead atoms. The molecule has 2 heteroatoms. The number of nitrogens with two attached hydrogens (primary N) is 1. The summed E-state index contributed by atoms with van der Waals surface area (Å²) in [6.07, 6.45) is 1.16. The van der Waals surface area contributed by atoms with Gasteiger partial charge in [0.05, 0.1) is 0 Å². The number of benzene rings is 1. The van der Waals surface area contributed by atoms with Crippen LogP contribution in [0.2, 0.25) is 0 Å². The summed E-state index contributed by atoms with van der Waals surface area (Å²) in [5.41, 5.74) is 9.50. The lowest BCUT2D eigenvalue weighted by Gasteiger charge is -2.22. The lowest BCUT2D eigenvalue weighted by atomic mass is 10.1. The van der Waals surface area contributed by atoms with Crippen LogP contribution in [-0.2, 0) is 6.54 Å². The summed E-state index contributed by atoms with van der Waals surface area (Å²) in [7, 11) is 2.12. The molecule has 0 radical (unpaired) electrons. The fourth-order valence-corrected chi connectivity index (χ4v) is 1.66. The van der Waals surface area contributed by atoms with Crippen LogP contribution >= 0.6 is 0 Å². The van der Waals surface area contributed by atoms with E-state index in [2.05, 4.69) is 44.0 Å². The fraction of sp³-hybridized carbons (Fsp3) is 0.500. The molecule has 0 atom stereocenters. The highest BCUT2D eigenvalue weighted by atomic mass is 15.1. The van der Waals surface area contributed by atoms with Crippen molar-refractivity contribution in [3.8, 4) is 0 Å². The normalized spacial score (nSPS) is 10.3. The molecule has 0 heterocycles. The predicted octanol–water partition coefficient (Wildman–Crippen LogP) is 2.30. The molecule has 1 aromatic rings. The Labute approximate surface area is 86.7 Å². The van der Waals surface area contributed by atoms with E-state index in [-0.39, 0.29) is 0 Å². The molecule has 0 aliphatic rings. The first-order chi connectivity index (χ1) is 6.69. The van der Waals surface area contributed by atoms with Crippen molar-refractivity contribution >= 4 is 5.69 Å². The zero-order chi connectivity index (χ0) is 10.6. The molecule has 1 aromatic carbocycles. The van der Waals surface area contributed by atoms with Gasteiger partial charge in [0, 0.05) is 25.8 Å². The van der Waals surface area contributed by atoms with E-state index < -0.39 is 0 Å². The lowest BCUT2D eigenvalue weighted by molar-refractivity contribution is 0.843. The second-order valence-electron chi connectivity index (χ2n) is 3.76. The second-order valence-corrected chi connectivity index (χ2v) is 3.76. The fourth-order valence-electron chi connectivity index (χ4n) is 1.66. The van der Waals surface area contributed by atoms with Crippen LogP contribution < -0.4 is 10.6 Å². The molecule has 1 rings (SSSR count). The smallest absolute Gasteiger partial charge is 0.0411 e. The van der Waals surface area contributed by atoms with Gasteiger partial charge in [-0.1, -0.05) is 19.1 Å². The van der Waals surface area contributed by atoms with Gasteiger partial charge in [-0.05, 0) is 30.5 Å². The van der Waals surface area contributed by atoms with Crippen molar-refractivity contribution in [2.75, 3.05) is 18.5 Å². The highest BCUT2D eigenvalue weighted by Crippen LogP contribution is 2.20. The summed E-state index contributed by atoms with van der Waals surface area (Å²) in [6, 6.07) is 6.44. The van der Waals surface area contributed by atoms with Gasteiger partial charge in [0.1, 0.15) is 0 Å². The Morgan fingerprint density at radius 1 is 1.36 bits per heavy atom. The number of nitrogens with zero attached hydrogens (tertiary/aromatic N) is 1. The van der Waals surface area contributed by atoms with E-state index in [0.717, 1.165) is 13.0 Å². The van der Waals surface area contributed by atoms with Crippen molar-refractivity contribution in [1.82, 2.24) is 0 Å². The minimum Gasteiger partial charge on any atom is -0.374 e. The molecule has 0 saturated carbocycles. The Morgan fingerprint density at radius 2 is 2.07 bits per heavy atom. The molecule has 0 amide bonds. The van der Waals surface area contributed by atoms with Crippen molar-refractivity contribution in [1.29, 1.82) is 0 Å². The quantitative estimate of drug-likeness (QED) is 0.793. The maximum Gasteiger partial charge on any atom is 0.0411 e. The van der Waals surface area contributed by atoms with Crippen LogP contribution in [-0.4, -0.2) is 13.6 Å². The number of hydrogen-bond donors (Lipinski definition) is 1. The van der Waals surface area contributed by atoms with Crippen LogP contribution in [0, 0.1) is 6.92 Å². The van der Waals surface area contributed by atoms with Crippen LogP contribution in [0.4, 0.5) is 5.69 Å². The Balaban J connectivity index is 2.97. The summed E-state index contributed by atoms with van der Waals surface area (Å²) in [5.74, 6) is 0. The van der Waals surface area contributed by atoms with Gasteiger partial charge in [0.2, 0.25) is 0 Å². The summed E-state index contributed by atoms with van der Waals surface area (Å²) in [5, 5.41) is 0. The Hall–Kier alpha value is -1.02. The molecular formula is C12H20N2. The van der Waals surface area contributed by atoms with Gasteiger partial charge < -0.3 is 10.6 Å². The van der Waals surface area contributed by atoms with Gasteiger partial charge in [0.15, 0.2) is 0 Å². The molecule has 0 aliphatic carbocycles. The Morgan fingerprint density at radius 3 is 2.64 bits per heavy atom. The second kappa shape index (κ2) is 5.01. The van der Waals surface area contributed by atoms with E-state index in [1.54, 1.807) is 0 Å². The Bertz CT molecular complexity index is 294. The molecule has 0 unspecified atom stereocenters. The SMILES string of the molecule is CCCN(C)c1cc(C)ccc1CN. The maximum absolute atomic E-state index is 5.71. The lowest BCUT2D eigenvalue weighted by Crippen LogP contribution is -2.20. The minimum absolute atomic E-state index is 0.615. The van der Waals surface area contributed by atoms with Crippen molar-refractivity contribution in [2.24, 2.45) is 5.73 Å². The molecule has 2 nitrogen and oxygen atoms in total. The number of aryl methyl sites for hydroxylation is 1. The first-order valence-electron chi connectivity index (χ1n) is 5.19. The van der Waals surface area contributed by atoms with E-state index in [4.69, 9.17) is 5.73 Å². The van der Waals surface area contributed by atoms with Gasteiger partial charge in [-0.25, -0.2) is 0 Å². The molecule has 78 valence electrons. The maximum atomic E-state index is 5.71. The van der Waals surface area contributed by atoms with Crippen LogP contribution in [0.5, 0.6) is 0 Å². The number of rotatable bonds is 4. The van der Waals surface area contributed by atoms with Gasteiger partial charge >= 0.3 is 0 Å². The molecule has 0 saturated heterocycles. The van der Waals surface area contributed by atoms with Crippen molar-refractivity contribution in [3.63, 3.8) is 0 Å². The first kappa shape index (κ1) is 11.1. The van der Waals surface area contributed by atoms with E-state index in [1.807, 2.05) is 0 Å². The van der Waals surface area contributed by atoms with Gasteiger partial charge in [-0.3, -0.25) is 0 Å². The van der Waals surface area contributed by atoms with Crippen LogP contribution in [0.1, 0.15) is 24.5 Å². The molecule has 0 aliphatic heterocycles. The topological polar surface area (TPSA) is 29.3 Å². The molecular weight excluding hydrogens is 172 g/mol. The van der Waals surface area contributed by atoms with Crippen molar-refractivity contribution in [3.05, 3.63) is 29.3 Å². The van der Waals surface area contributed by atoms with Crippen LogP contribution in [0.3, 0.4) is 0 Å². The largest absolute Gasteiger partial charge is 0.374 e. The molecule has 14 heavy (non-hydrogen) atoms. The summed E-state index contributed by atoms with van der Waals surface area (Å²) in [4.78, 5) is 2.27. The molecule has 2 N–H and O–H groups in total. The average Bonchev–Trinajstić information content (AvgIpc) is 2.18. The van der Waals surface area contributed by atoms with Gasteiger partial charge in [0.25, 0.3) is 0 Å². The van der Waals surface area contributed by atoms with Crippen molar-refractivity contribution < 1.29 is 0 Å². The molecule has 0 spiro atoms. The minimum atomic E-state index is 0.615. The zero-order valence-electron chi connectivity index (χ0n) is 9.38. The van der Waals surface area contributed by atoms with Crippen LogP contribution in [0.15, 0.2) is 18.2 Å². The summed E-state index contributed by atoms with van der Waals surface area (Å²) < 4.78 is 0. The Kier molecular flexibility index (Phi) is 3.96. The number of anilines is 1. The third-order valence-corrected chi connectivity index (χ3v) is 2.43. The highest BCUT2D eigenvalue weighted by Gasteiger charge is 2.05. The number of hydrogen-bond acceptors (Lipinski definition) is 2. The predicted molar refractivity (Wildman–Crippen MR) is 62.6 cm³/mol. The molecule has 0 aromatic heterocycles. The van der Waals surface area contributed by atoms with Gasteiger partial charge in [-0.2, -0.15) is 0 Å². The zero-order valence-corrected chi connectivity index (χ0v) is 9.38. The summed E-state index contributed by atoms with van der Waals surface area (Å²) in [6.45, 7) is 6.00. The molecule has 0 fully saturated rings. The van der Waals surface area contributed by atoms with E-state index >= 15 is 0 Å². The van der Waals surface area contributed by atoms with E-state index in [1.165, 1.54) is 16.8 Å². The monoisotopic (exact) mass is 192 g/mol. The van der Waals surface area contributed by atoms with Crippen molar-refractivity contribution in [2.45, 2.75) is 26.8 Å². The van der Waals surface area contributed by atoms with Crippen LogP contribution in [0.25, 0.3) is 0 Å². The van der Waals surface area contributed by atoms with E-state index in [0.29, 0.717) is 6.54 Å². The highest BCUT2D eigenvalue weighted by molar-refractivity contribution is 5.54. The van der Waals surface area contributed by atoms with Gasteiger partial charge in [-0.15, -0.1) is 0 Å².